The molecule has 2 heterocycles. The Kier molecular flexibility index (Phi) is 5.39. The zero-order valence-electron chi connectivity index (χ0n) is 15.4. The van der Waals surface area contributed by atoms with Crippen LogP contribution in [-0.4, -0.2) is 64.4 Å². The van der Waals surface area contributed by atoms with Gasteiger partial charge < -0.3 is 9.80 Å². The van der Waals surface area contributed by atoms with Crippen LogP contribution in [-0.2, 0) is 6.54 Å². The second-order valence-electron chi connectivity index (χ2n) is 7.54. The predicted octanol–water partition coefficient (Wildman–Crippen LogP) is 3.13. The summed E-state index contributed by atoms with van der Waals surface area (Å²) >= 11 is 6.06. The summed E-state index contributed by atoms with van der Waals surface area (Å²) in [4.78, 5) is 29.4. The van der Waals surface area contributed by atoms with Crippen LogP contribution in [0.1, 0.15) is 25.0 Å². The van der Waals surface area contributed by atoms with Crippen molar-refractivity contribution in [2.45, 2.75) is 33.4 Å². The summed E-state index contributed by atoms with van der Waals surface area (Å²) in [5.74, 6) is 0.595. The highest BCUT2D eigenvalue weighted by atomic mass is 35.5. The maximum Gasteiger partial charge on any atom is 0.320 e. The number of urea groups is 1. The molecule has 3 rings (SSSR count). The van der Waals surface area contributed by atoms with Gasteiger partial charge in [0.15, 0.2) is 0 Å². The fourth-order valence-electron chi connectivity index (χ4n) is 3.81. The minimum absolute atomic E-state index is 0.0567. The van der Waals surface area contributed by atoms with E-state index in [1.807, 2.05) is 9.80 Å². The molecule has 2 saturated heterocycles. The molecule has 1 atom stereocenters. The number of hydrogen-bond acceptors (Lipinski definition) is 4. The zero-order chi connectivity index (χ0) is 19.0. The molecule has 0 N–H and O–H groups in total. The number of nitro groups is 1. The molecule has 0 bridgehead atoms. The fourth-order valence-corrected chi connectivity index (χ4v) is 4.05. The molecule has 8 heteroatoms. The molecule has 0 aromatic heterocycles. The Morgan fingerprint density at radius 1 is 1.27 bits per heavy atom. The normalized spacial score (nSPS) is 21.6. The number of piperazine rings is 1. The molecule has 2 fully saturated rings. The average molecular weight is 381 g/mol. The molecule has 2 aliphatic heterocycles. The number of carbonyl (C=O) groups is 1. The van der Waals surface area contributed by atoms with E-state index < -0.39 is 4.92 Å². The molecule has 0 radical (unpaired) electrons. The first-order valence-electron chi connectivity index (χ1n) is 8.97. The number of carbonyl (C=O) groups excluding carboxylic acids is 1. The van der Waals surface area contributed by atoms with Crippen molar-refractivity contribution in [1.29, 1.82) is 0 Å². The first-order valence-corrected chi connectivity index (χ1v) is 9.35. The monoisotopic (exact) mass is 380 g/mol. The summed E-state index contributed by atoms with van der Waals surface area (Å²) in [5, 5.41) is 11.6. The van der Waals surface area contributed by atoms with Crippen LogP contribution in [0.4, 0.5) is 10.5 Å². The Balaban J connectivity index is 1.65. The smallest absolute Gasteiger partial charge is 0.320 e. The highest BCUT2D eigenvalue weighted by Crippen LogP contribution is 2.28. The molecule has 0 spiro atoms. The lowest BCUT2D eigenvalue weighted by molar-refractivity contribution is -0.385. The van der Waals surface area contributed by atoms with Gasteiger partial charge >= 0.3 is 6.03 Å². The third kappa shape index (κ3) is 3.78. The Bertz CT molecular complexity index is 721. The summed E-state index contributed by atoms with van der Waals surface area (Å²) in [6.45, 7) is 10.4. The van der Waals surface area contributed by atoms with E-state index in [-0.39, 0.29) is 17.8 Å². The lowest BCUT2D eigenvalue weighted by Gasteiger charge is -2.45. The second-order valence-corrected chi connectivity index (χ2v) is 7.97. The molecule has 2 aliphatic rings. The van der Waals surface area contributed by atoms with Crippen LogP contribution in [0, 0.1) is 23.0 Å². The maximum atomic E-state index is 12.6. The number of nitrogens with zero attached hydrogens (tertiary/aromatic N) is 4. The quantitative estimate of drug-likeness (QED) is 0.596. The average Bonchev–Trinajstić information content (AvgIpc) is 2.54. The van der Waals surface area contributed by atoms with E-state index in [2.05, 4.69) is 18.7 Å². The fraction of sp³-hybridized carbons (Fsp3) is 0.611. The molecule has 1 aromatic carbocycles. The molecule has 7 nitrogen and oxygen atoms in total. The number of benzene rings is 1. The molecule has 142 valence electrons. The van der Waals surface area contributed by atoms with Crippen LogP contribution in [0.5, 0.6) is 0 Å². The largest absolute Gasteiger partial charge is 0.324 e. The summed E-state index contributed by atoms with van der Waals surface area (Å²) in [6, 6.07) is 3.44. The molecule has 26 heavy (non-hydrogen) atoms. The summed E-state index contributed by atoms with van der Waals surface area (Å²) in [5.41, 5.74) is 1.58. The van der Waals surface area contributed by atoms with Gasteiger partial charge in [0, 0.05) is 62.0 Å². The second kappa shape index (κ2) is 7.40. The molecular weight excluding hydrogens is 356 g/mol. The van der Waals surface area contributed by atoms with Crippen molar-refractivity contribution in [3.8, 4) is 0 Å². The van der Waals surface area contributed by atoms with Crippen molar-refractivity contribution in [2.75, 3.05) is 32.7 Å². The first-order chi connectivity index (χ1) is 12.3. The lowest BCUT2D eigenvalue weighted by atomic mass is 10.0. The van der Waals surface area contributed by atoms with E-state index in [0.717, 1.165) is 31.7 Å². The number of rotatable bonds is 3. The molecule has 0 saturated carbocycles. The van der Waals surface area contributed by atoms with Gasteiger partial charge in [-0.15, -0.1) is 0 Å². The topological polar surface area (TPSA) is 69.9 Å². The Labute approximate surface area is 158 Å². The van der Waals surface area contributed by atoms with Crippen LogP contribution >= 0.6 is 11.6 Å². The summed E-state index contributed by atoms with van der Waals surface area (Å²) < 4.78 is 0. The minimum Gasteiger partial charge on any atom is -0.324 e. The van der Waals surface area contributed by atoms with Gasteiger partial charge in [0.1, 0.15) is 0 Å². The van der Waals surface area contributed by atoms with Gasteiger partial charge in [0.05, 0.1) is 4.92 Å². The third-order valence-corrected chi connectivity index (χ3v) is 5.55. The van der Waals surface area contributed by atoms with Crippen molar-refractivity contribution in [1.82, 2.24) is 14.7 Å². The Hall–Kier alpha value is -1.86. The zero-order valence-corrected chi connectivity index (χ0v) is 16.2. The maximum absolute atomic E-state index is 12.6. The number of amides is 2. The van der Waals surface area contributed by atoms with Crippen molar-refractivity contribution in [2.24, 2.45) is 5.92 Å². The van der Waals surface area contributed by atoms with Crippen LogP contribution in [0.15, 0.2) is 12.1 Å². The highest BCUT2D eigenvalue weighted by molar-refractivity contribution is 6.30. The van der Waals surface area contributed by atoms with Crippen molar-refractivity contribution < 1.29 is 9.72 Å². The van der Waals surface area contributed by atoms with Crippen molar-refractivity contribution in [3.05, 3.63) is 38.4 Å². The summed E-state index contributed by atoms with van der Waals surface area (Å²) in [7, 11) is 0. The standard InChI is InChI=1S/C18H25ClN4O3/c1-12-8-21(9-12)18(24)22-5-4-20(10-13(22)2)11-15-6-16(19)7-17(14(15)3)23(25)26/h6-7,12-13H,4-5,8-11H2,1-3H3. The van der Waals surface area contributed by atoms with Gasteiger partial charge in [-0.3, -0.25) is 15.0 Å². The number of likely N-dealkylation sites (tertiary alicyclic amines) is 1. The van der Waals surface area contributed by atoms with Gasteiger partial charge in [0.2, 0.25) is 0 Å². The van der Waals surface area contributed by atoms with Gasteiger partial charge in [-0.2, -0.15) is 0 Å². The number of halogens is 1. The van der Waals surface area contributed by atoms with Crippen LogP contribution in [0.25, 0.3) is 0 Å². The number of hydrogen-bond donors (Lipinski definition) is 0. The van der Waals surface area contributed by atoms with E-state index in [4.69, 9.17) is 11.6 Å². The van der Waals surface area contributed by atoms with E-state index in [9.17, 15) is 14.9 Å². The van der Waals surface area contributed by atoms with Crippen molar-refractivity contribution >= 4 is 23.3 Å². The molecule has 1 unspecified atom stereocenters. The van der Waals surface area contributed by atoms with Gasteiger partial charge in [-0.1, -0.05) is 18.5 Å². The molecule has 1 aromatic rings. The number of nitro benzene ring substituents is 1. The van der Waals surface area contributed by atoms with Gasteiger partial charge in [0.25, 0.3) is 5.69 Å². The summed E-state index contributed by atoms with van der Waals surface area (Å²) in [6.07, 6.45) is 0. The first kappa shape index (κ1) is 18.9. The van der Waals surface area contributed by atoms with E-state index >= 15 is 0 Å². The van der Waals surface area contributed by atoms with Gasteiger partial charge in [-0.25, -0.2) is 4.79 Å². The third-order valence-electron chi connectivity index (χ3n) is 5.34. The van der Waals surface area contributed by atoms with E-state index in [1.54, 1.807) is 13.0 Å². The van der Waals surface area contributed by atoms with E-state index in [0.29, 0.717) is 29.6 Å². The van der Waals surface area contributed by atoms with Crippen LogP contribution < -0.4 is 0 Å². The van der Waals surface area contributed by atoms with Crippen molar-refractivity contribution in [3.63, 3.8) is 0 Å². The van der Waals surface area contributed by atoms with Crippen LogP contribution in [0.2, 0.25) is 5.02 Å². The minimum atomic E-state index is -0.391. The predicted molar refractivity (Wildman–Crippen MR) is 100 cm³/mol. The molecular formula is C18H25ClN4O3. The van der Waals surface area contributed by atoms with Gasteiger partial charge in [-0.05, 0) is 31.4 Å². The SMILES string of the molecule is Cc1c(CN2CCN(C(=O)N3CC(C)C3)C(C)C2)cc(Cl)cc1[N+](=O)[O-]. The van der Waals surface area contributed by atoms with E-state index in [1.165, 1.54) is 6.07 Å². The lowest BCUT2D eigenvalue weighted by Crippen LogP contribution is -2.60. The molecule has 0 aliphatic carbocycles. The Morgan fingerprint density at radius 3 is 2.54 bits per heavy atom. The molecule has 2 amide bonds. The Morgan fingerprint density at radius 2 is 1.96 bits per heavy atom. The highest BCUT2D eigenvalue weighted by Gasteiger charge is 2.35. The van der Waals surface area contributed by atoms with Crippen LogP contribution in [0.3, 0.4) is 0 Å².